The Balaban J connectivity index is 1.36. The quantitative estimate of drug-likeness (QED) is 0.705. The van der Waals surface area contributed by atoms with Crippen molar-refractivity contribution in [3.8, 4) is 0 Å². The van der Waals surface area contributed by atoms with Gasteiger partial charge < -0.3 is 9.64 Å². The number of morpholine rings is 1. The van der Waals surface area contributed by atoms with Crippen LogP contribution in [0.15, 0.2) is 53.6 Å². The van der Waals surface area contributed by atoms with Crippen LogP contribution in [0.5, 0.6) is 0 Å². The van der Waals surface area contributed by atoms with Gasteiger partial charge in [-0.25, -0.2) is 8.42 Å². The molecular formula is C22H27N3O4S. The predicted molar refractivity (Wildman–Crippen MR) is 112 cm³/mol. The number of aryl methyl sites for hydroxylation is 1. The van der Waals surface area contributed by atoms with E-state index in [0.717, 1.165) is 30.6 Å². The van der Waals surface area contributed by atoms with Crippen LogP contribution in [-0.2, 0) is 26.0 Å². The second kappa shape index (κ2) is 9.24. The summed E-state index contributed by atoms with van der Waals surface area (Å²) < 4.78 is 32.1. The summed E-state index contributed by atoms with van der Waals surface area (Å²) in [6.45, 7) is 2.37. The minimum Gasteiger partial charge on any atom is -0.379 e. The molecule has 160 valence electrons. The Morgan fingerprint density at radius 3 is 2.53 bits per heavy atom. The van der Waals surface area contributed by atoms with Crippen LogP contribution in [-0.4, -0.2) is 61.4 Å². The number of carbonyl (C=O) groups is 1. The summed E-state index contributed by atoms with van der Waals surface area (Å²) in [7, 11) is -3.49. The van der Waals surface area contributed by atoms with E-state index in [1.807, 2.05) is 23.1 Å². The second-order valence-corrected chi connectivity index (χ2v) is 9.60. The van der Waals surface area contributed by atoms with Crippen LogP contribution in [0.2, 0.25) is 0 Å². The number of carbonyl (C=O) groups excluding carboxylic acids is 1. The number of sulfonamides is 1. The molecular weight excluding hydrogens is 402 g/mol. The summed E-state index contributed by atoms with van der Waals surface area (Å²) in [6.07, 6.45) is 4.68. The fourth-order valence-electron chi connectivity index (χ4n) is 4.10. The van der Waals surface area contributed by atoms with Crippen molar-refractivity contribution < 1.29 is 17.9 Å². The van der Waals surface area contributed by atoms with Gasteiger partial charge in [-0.15, -0.1) is 0 Å². The number of hydrogen-bond donors (Lipinski definition) is 0. The second-order valence-electron chi connectivity index (χ2n) is 7.66. The third-order valence-electron chi connectivity index (χ3n) is 5.76. The standard InChI is InChI=1S/C22H27N3O4S/c26-22(25-13-3-5-21(25)20-4-1-2-12-23-20)11-8-18-6-9-19(10-7-18)30(27,28)24-14-16-29-17-15-24/h1-2,4,6-7,9-10,12,21H,3,5,8,11,13-17H2. The SMILES string of the molecule is O=C(CCc1ccc(S(=O)(=O)N2CCOCC2)cc1)N1CCCC1c1ccccn1. The molecule has 0 saturated carbocycles. The van der Waals surface area contributed by atoms with E-state index in [1.54, 1.807) is 30.5 Å². The maximum Gasteiger partial charge on any atom is 0.243 e. The van der Waals surface area contributed by atoms with Gasteiger partial charge in [-0.05, 0) is 49.1 Å². The van der Waals surface area contributed by atoms with Crippen LogP contribution in [0.25, 0.3) is 0 Å². The van der Waals surface area contributed by atoms with Gasteiger partial charge in [-0.1, -0.05) is 18.2 Å². The molecule has 2 fully saturated rings. The minimum atomic E-state index is -3.49. The number of rotatable bonds is 6. The maximum absolute atomic E-state index is 12.8. The number of benzene rings is 1. The number of aromatic nitrogens is 1. The molecule has 0 bridgehead atoms. The molecule has 0 aliphatic carbocycles. The van der Waals surface area contributed by atoms with Crippen molar-refractivity contribution in [3.63, 3.8) is 0 Å². The number of likely N-dealkylation sites (tertiary alicyclic amines) is 1. The average Bonchev–Trinajstić information content (AvgIpc) is 3.29. The first kappa shape index (κ1) is 21.0. The van der Waals surface area contributed by atoms with Crippen molar-refractivity contribution in [2.75, 3.05) is 32.8 Å². The number of pyridine rings is 1. The molecule has 1 unspecified atom stereocenters. The maximum atomic E-state index is 12.8. The molecule has 3 heterocycles. The van der Waals surface area contributed by atoms with E-state index in [0.29, 0.717) is 39.1 Å². The predicted octanol–water partition coefficient (Wildman–Crippen LogP) is 2.40. The molecule has 2 aliphatic rings. The lowest BCUT2D eigenvalue weighted by Gasteiger charge is -2.26. The molecule has 2 aliphatic heterocycles. The third-order valence-corrected chi connectivity index (χ3v) is 7.67. The fraction of sp³-hybridized carbons (Fsp3) is 0.455. The summed E-state index contributed by atoms with van der Waals surface area (Å²) in [6, 6.07) is 12.8. The average molecular weight is 430 g/mol. The van der Waals surface area contributed by atoms with E-state index in [4.69, 9.17) is 4.74 Å². The first-order valence-corrected chi connectivity index (χ1v) is 11.9. The monoisotopic (exact) mass is 429 g/mol. The number of nitrogens with zero attached hydrogens (tertiary/aromatic N) is 3. The molecule has 4 rings (SSSR count). The summed E-state index contributed by atoms with van der Waals surface area (Å²) in [5.41, 5.74) is 1.90. The Kier molecular flexibility index (Phi) is 6.46. The lowest BCUT2D eigenvalue weighted by molar-refractivity contribution is -0.132. The molecule has 2 saturated heterocycles. The van der Waals surface area contributed by atoms with Crippen LogP contribution < -0.4 is 0 Å². The molecule has 1 aromatic carbocycles. The summed E-state index contributed by atoms with van der Waals surface area (Å²) in [4.78, 5) is 19.5. The van der Waals surface area contributed by atoms with E-state index < -0.39 is 10.0 Å². The Labute approximate surface area is 177 Å². The van der Waals surface area contributed by atoms with Gasteiger partial charge in [0.2, 0.25) is 15.9 Å². The molecule has 0 N–H and O–H groups in total. The number of amides is 1. The number of hydrogen-bond acceptors (Lipinski definition) is 5. The van der Waals surface area contributed by atoms with Crippen LogP contribution in [0.3, 0.4) is 0 Å². The van der Waals surface area contributed by atoms with Crippen LogP contribution in [0, 0.1) is 0 Å². The Morgan fingerprint density at radius 2 is 1.83 bits per heavy atom. The highest BCUT2D eigenvalue weighted by Crippen LogP contribution is 2.31. The third kappa shape index (κ3) is 4.55. The Hall–Kier alpha value is -2.29. The Bertz CT molecular complexity index is 958. The first-order valence-electron chi connectivity index (χ1n) is 10.4. The van der Waals surface area contributed by atoms with Crippen LogP contribution in [0.4, 0.5) is 0 Å². The van der Waals surface area contributed by atoms with Gasteiger partial charge in [0.1, 0.15) is 0 Å². The molecule has 1 amide bonds. The van der Waals surface area contributed by atoms with E-state index >= 15 is 0 Å². The van der Waals surface area contributed by atoms with Crippen molar-refractivity contribution in [2.24, 2.45) is 0 Å². The van der Waals surface area contributed by atoms with Gasteiger partial charge in [-0.2, -0.15) is 4.31 Å². The van der Waals surface area contributed by atoms with E-state index in [9.17, 15) is 13.2 Å². The molecule has 0 radical (unpaired) electrons. The van der Waals surface area contributed by atoms with Gasteiger partial charge in [0, 0.05) is 32.3 Å². The van der Waals surface area contributed by atoms with Crippen molar-refractivity contribution >= 4 is 15.9 Å². The van der Waals surface area contributed by atoms with Gasteiger partial charge >= 0.3 is 0 Å². The largest absolute Gasteiger partial charge is 0.379 e. The molecule has 2 aromatic rings. The molecule has 1 atom stereocenters. The van der Waals surface area contributed by atoms with Gasteiger partial charge in [-0.3, -0.25) is 9.78 Å². The van der Waals surface area contributed by atoms with Crippen LogP contribution >= 0.6 is 0 Å². The van der Waals surface area contributed by atoms with E-state index in [1.165, 1.54) is 4.31 Å². The highest BCUT2D eigenvalue weighted by atomic mass is 32.2. The normalized spacial score (nSPS) is 20.4. The molecule has 8 heteroatoms. The molecule has 7 nitrogen and oxygen atoms in total. The molecule has 1 aromatic heterocycles. The smallest absolute Gasteiger partial charge is 0.243 e. The van der Waals surface area contributed by atoms with Gasteiger partial charge in [0.15, 0.2) is 0 Å². The lowest BCUT2D eigenvalue weighted by Crippen LogP contribution is -2.40. The minimum absolute atomic E-state index is 0.0553. The summed E-state index contributed by atoms with van der Waals surface area (Å²) in [5.74, 6) is 0.119. The number of ether oxygens (including phenoxy) is 1. The first-order chi connectivity index (χ1) is 14.6. The van der Waals surface area contributed by atoms with Crippen molar-refractivity contribution in [1.29, 1.82) is 0 Å². The summed E-state index contributed by atoms with van der Waals surface area (Å²) in [5, 5.41) is 0. The zero-order valence-corrected chi connectivity index (χ0v) is 17.8. The topological polar surface area (TPSA) is 79.8 Å². The fourth-order valence-corrected chi connectivity index (χ4v) is 5.51. The summed E-state index contributed by atoms with van der Waals surface area (Å²) >= 11 is 0. The van der Waals surface area contributed by atoms with Gasteiger partial charge in [0.25, 0.3) is 0 Å². The molecule has 0 spiro atoms. The van der Waals surface area contributed by atoms with Crippen molar-refractivity contribution in [3.05, 3.63) is 59.9 Å². The van der Waals surface area contributed by atoms with Gasteiger partial charge in [0.05, 0.1) is 29.8 Å². The zero-order valence-electron chi connectivity index (χ0n) is 16.9. The highest BCUT2D eigenvalue weighted by Gasteiger charge is 2.30. The Morgan fingerprint density at radius 1 is 1.07 bits per heavy atom. The molecule has 30 heavy (non-hydrogen) atoms. The zero-order chi connectivity index (χ0) is 21.0. The highest BCUT2D eigenvalue weighted by molar-refractivity contribution is 7.89. The van der Waals surface area contributed by atoms with E-state index in [-0.39, 0.29) is 16.8 Å². The van der Waals surface area contributed by atoms with E-state index in [2.05, 4.69) is 4.98 Å². The van der Waals surface area contributed by atoms with Crippen molar-refractivity contribution in [2.45, 2.75) is 36.6 Å². The van der Waals surface area contributed by atoms with Crippen molar-refractivity contribution in [1.82, 2.24) is 14.2 Å². The van der Waals surface area contributed by atoms with Crippen LogP contribution in [0.1, 0.15) is 36.6 Å². The lowest BCUT2D eigenvalue weighted by atomic mass is 10.1.